The number of nitrogens with one attached hydrogen (secondary N) is 1. The summed E-state index contributed by atoms with van der Waals surface area (Å²) < 4.78 is 0.710. The molecule has 5 nitrogen and oxygen atoms in total. The van der Waals surface area contributed by atoms with Gasteiger partial charge in [0.1, 0.15) is 5.78 Å². The van der Waals surface area contributed by atoms with Crippen molar-refractivity contribution in [3.05, 3.63) is 6.42 Å². The number of ketones is 1. The lowest BCUT2D eigenvalue weighted by Gasteiger charge is -2.27. The lowest BCUT2D eigenvalue weighted by Crippen LogP contribution is -2.48. The molecule has 0 unspecified atom stereocenters. The van der Waals surface area contributed by atoms with Gasteiger partial charge in [-0.1, -0.05) is 0 Å². The Balaban J connectivity index is 3.83. The molecule has 0 bridgehead atoms. The first-order valence-corrected chi connectivity index (χ1v) is 5.86. The van der Waals surface area contributed by atoms with Crippen molar-refractivity contribution >= 4 is 11.7 Å². The monoisotopic (exact) mass is 243 g/mol. The van der Waals surface area contributed by atoms with Gasteiger partial charge in [-0.05, 0) is 21.0 Å². The molecule has 0 saturated heterocycles. The van der Waals surface area contributed by atoms with Crippen molar-refractivity contribution in [3.8, 4) is 0 Å². The average Bonchev–Trinajstić information content (AvgIpc) is 2.24. The quantitative estimate of drug-likeness (QED) is 0.367. The van der Waals surface area contributed by atoms with Crippen molar-refractivity contribution in [2.75, 3.05) is 47.9 Å². The molecule has 0 aliphatic rings. The first-order chi connectivity index (χ1) is 7.76. The molecule has 0 heterocycles. The maximum absolute atomic E-state index is 11.5. The second kappa shape index (κ2) is 7.40. The molecule has 99 valence electrons. The Kier molecular flexibility index (Phi) is 6.99. The fourth-order valence-corrected chi connectivity index (χ4v) is 0.991. The number of hydrogen-bond donors (Lipinski definition) is 1. The third-order valence-electron chi connectivity index (χ3n) is 2.58. The lowest BCUT2D eigenvalue weighted by molar-refractivity contribution is -0.890. The van der Waals surface area contributed by atoms with E-state index < -0.39 is 0 Å². The Bertz CT molecular complexity index is 262. The Labute approximate surface area is 104 Å². The van der Waals surface area contributed by atoms with E-state index in [-0.39, 0.29) is 18.1 Å². The molecule has 1 amide bonds. The Morgan fingerprint density at radius 1 is 1.29 bits per heavy atom. The summed E-state index contributed by atoms with van der Waals surface area (Å²) >= 11 is 0. The number of rotatable bonds is 8. The van der Waals surface area contributed by atoms with Crippen LogP contribution in [0.4, 0.5) is 0 Å². The molecular weight excluding hydrogens is 218 g/mol. The zero-order chi connectivity index (χ0) is 13.5. The van der Waals surface area contributed by atoms with E-state index in [4.69, 9.17) is 0 Å². The van der Waals surface area contributed by atoms with Gasteiger partial charge in [-0.3, -0.25) is 9.59 Å². The van der Waals surface area contributed by atoms with Gasteiger partial charge in [-0.25, -0.2) is 0 Å². The van der Waals surface area contributed by atoms with E-state index in [1.807, 2.05) is 33.1 Å². The molecule has 17 heavy (non-hydrogen) atoms. The van der Waals surface area contributed by atoms with E-state index in [1.54, 1.807) is 6.42 Å². The van der Waals surface area contributed by atoms with Crippen LogP contribution in [0.25, 0.3) is 0 Å². The number of quaternary nitrogens is 1. The fourth-order valence-electron chi connectivity index (χ4n) is 0.991. The molecule has 0 aliphatic heterocycles. The molecule has 0 aliphatic carbocycles. The highest BCUT2D eigenvalue weighted by atomic mass is 16.2. The van der Waals surface area contributed by atoms with Crippen molar-refractivity contribution in [1.82, 2.24) is 10.2 Å². The van der Waals surface area contributed by atoms with Crippen LogP contribution in [-0.2, 0) is 9.59 Å². The van der Waals surface area contributed by atoms with E-state index in [9.17, 15) is 9.59 Å². The molecule has 5 heteroatoms. The van der Waals surface area contributed by atoms with Crippen molar-refractivity contribution in [3.63, 3.8) is 0 Å². The van der Waals surface area contributed by atoms with E-state index in [2.05, 4.69) is 12.2 Å². The van der Waals surface area contributed by atoms with Gasteiger partial charge in [-0.2, -0.15) is 0 Å². The zero-order valence-corrected chi connectivity index (χ0v) is 11.6. The summed E-state index contributed by atoms with van der Waals surface area (Å²) in [5.41, 5.74) is 0. The molecule has 1 radical (unpaired) electrons. The molecule has 0 atom stereocenters. The third kappa shape index (κ3) is 8.83. The molecule has 0 fully saturated rings. The minimum absolute atomic E-state index is 0.0580. The van der Waals surface area contributed by atoms with Crippen LogP contribution in [0.5, 0.6) is 0 Å². The predicted octanol–water partition coefficient (Wildman–Crippen LogP) is -0.119. The number of hydrogen-bond acceptors (Lipinski definition) is 3. The third-order valence-corrected chi connectivity index (χ3v) is 2.58. The van der Waals surface area contributed by atoms with Crippen molar-refractivity contribution < 1.29 is 14.1 Å². The van der Waals surface area contributed by atoms with Gasteiger partial charge in [0.2, 0.25) is 5.91 Å². The van der Waals surface area contributed by atoms with Gasteiger partial charge < -0.3 is 14.7 Å². The normalized spacial score (nSPS) is 11.6. The van der Waals surface area contributed by atoms with Gasteiger partial charge in [0, 0.05) is 13.0 Å². The summed E-state index contributed by atoms with van der Waals surface area (Å²) in [5.74, 6) is -0.331. The van der Waals surface area contributed by atoms with E-state index >= 15 is 0 Å². The number of Topliss-reactive ketones (excluding diaryl/α,β-unsaturated/α-hetero) is 1. The van der Waals surface area contributed by atoms with E-state index in [0.717, 1.165) is 6.54 Å². The van der Waals surface area contributed by atoms with Crippen molar-refractivity contribution in [2.24, 2.45) is 0 Å². The molecular formula is C12H25N3O2+. The summed E-state index contributed by atoms with van der Waals surface area (Å²) in [4.78, 5) is 24.8. The summed E-state index contributed by atoms with van der Waals surface area (Å²) in [6.45, 7) is 4.11. The van der Waals surface area contributed by atoms with Gasteiger partial charge in [0.05, 0.1) is 27.1 Å². The minimum Gasteiger partial charge on any atom is -0.312 e. The topological polar surface area (TPSA) is 49.4 Å². The summed E-state index contributed by atoms with van der Waals surface area (Å²) in [7, 11) is 7.82. The van der Waals surface area contributed by atoms with Crippen LogP contribution in [0.1, 0.15) is 13.3 Å². The summed E-state index contributed by atoms with van der Waals surface area (Å²) in [6.07, 6.45) is 1.48. The van der Waals surface area contributed by atoms with Gasteiger partial charge in [0.25, 0.3) is 0 Å². The second-order valence-electron chi connectivity index (χ2n) is 5.12. The number of nitrogens with zero attached hydrogens (tertiary/aromatic N) is 2. The van der Waals surface area contributed by atoms with Gasteiger partial charge in [-0.15, -0.1) is 0 Å². The van der Waals surface area contributed by atoms with Crippen LogP contribution in [0, 0.1) is 6.42 Å². The number of amides is 1. The highest BCUT2D eigenvalue weighted by Gasteiger charge is 2.15. The van der Waals surface area contributed by atoms with Crippen LogP contribution in [-0.4, -0.2) is 69.0 Å². The molecule has 0 aromatic carbocycles. The van der Waals surface area contributed by atoms with Crippen LogP contribution in [0.2, 0.25) is 0 Å². The molecule has 0 aromatic rings. The highest BCUT2D eigenvalue weighted by Crippen LogP contribution is 1.94. The fraction of sp³-hybridized carbons (Fsp3) is 0.750. The predicted molar refractivity (Wildman–Crippen MR) is 68.1 cm³/mol. The molecule has 0 spiro atoms. The van der Waals surface area contributed by atoms with Crippen molar-refractivity contribution in [2.45, 2.75) is 13.3 Å². The van der Waals surface area contributed by atoms with E-state index in [0.29, 0.717) is 17.7 Å². The average molecular weight is 243 g/mol. The van der Waals surface area contributed by atoms with E-state index in [1.165, 1.54) is 0 Å². The summed E-state index contributed by atoms with van der Waals surface area (Å²) in [5, 5.41) is 2.77. The van der Waals surface area contributed by atoms with Crippen LogP contribution < -0.4 is 5.32 Å². The Morgan fingerprint density at radius 3 is 2.35 bits per heavy atom. The Hall–Kier alpha value is -0.940. The SMILES string of the molecule is CC[N+](C)(C)CNC(=O)CC(=O)[CH]CN(C)C. The smallest absolute Gasteiger partial charge is 0.231 e. The molecule has 1 N–H and O–H groups in total. The van der Waals surface area contributed by atoms with Crippen LogP contribution in [0.15, 0.2) is 0 Å². The first-order valence-electron chi connectivity index (χ1n) is 5.86. The highest BCUT2D eigenvalue weighted by molar-refractivity contribution is 6.02. The number of carbonyl (C=O) groups is 2. The molecule has 0 rings (SSSR count). The van der Waals surface area contributed by atoms with Gasteiger partial charge in [0.15, 0.2) is 6.67 Å². The van der Waals surface area contributed by atoms with Gasteiger partial charge >= 0.3 is 0 Å². The summed E-state index contributed by atoms with van der Waals surface area (Å²) in [6, 6.07) is 0. The molecule has 0 aromatic heterocycles. The standard InChI is InChI=1S/C12H24N3O2/c1-6-15(4,5)10-13-12(17)9-11(16)7-8-14(2)3/h7H,6,8-10H2,1-5H3/p+1. The lowest BCUT2D eigenvalue weighted by atomic mass is 10.2. The van der Waals surface area contributed by atoms with Crippen LogP contribution in [0.3, 0.4) is 0 Å². The molecule has 0 saturated carbocycles. The van der Waals surface area contributed by atoms with Crippen LogP contribution >= 0.6 is 0 Å². The van der Waals surface area contributed by atoms with Crippen molar-refractivity contribution in [1.29, 1.82) is 0 Å². The zero-order valence-electron chi connectivity index (χ0n) is 11.6. The second-order valence-corrected chi connectivity index (χ2v) is 5.12. The first kappa shape index (κ1) is 16.1. The maximum Gasteiger partial charge on any atom is 0.231 e. The Morgan fingerprint density at radius 2 is 1.88 bits per heavy atom. The largest absolute Gasteiger partial charge is 0.312 e. The maximum atomic E-state index is 11.5. The number of carbonyl (C=O) groups excluding carboxylic acids is 2. The minimum atomic E-state index is -0.204.